The lowest BCUT2D eigenvalue weighted by molar-refractivity contribution is -0.119. The molecule has 0 radical (unpaired) electrons. The molecule has 0 spiro atoms. The SMILES string of the molecule is CCC(C)n1c(SCC(=O)NC2CCc3ccc(F)cc32)nnc1-c1ccccc1. The van der Waals surface area contributed by atoms with E-state index in [1.54, 1.807) is 0 Å². The molecular formula is C23H25FN4OS. The molecule has 4 rings (SSSR count). The summed E-state index contributed by atoms with van der Waals surface area (Å²) in [6.07, 6.45) is 2.59. The summed E-state index contributed by atoms with van der Waals surface area (Å²) in [4.78, 5) is 12.6. The van der Waals surface area contributed by atoms with Gasteiger partial charge in [-0.3, -0.25) is 9.36 Å². The predicted octanol–water partition coefficient (Wildman–Crippen LogP) is 4.95. The second kappa shape index (κ2) is 9.00. The van der Waals surface area contributed by atoms with Crippen molar-refractivity contribution in [3.05, 3.63) is 65.5 Å². The topological polar surface area (TPSA) is 59.8 Å². The van der Waals surface area contributed by atoms with Crippen molar-refractivity contribution in [1.82, 2.24) is 20.1 Å². The number of rotatable bonds is 7. The van der Waals surface area contributed by atoms with Gasteiger partial charge >= 0.3 is 0 Å². The van der Waals surface area contributed by atoms with Crippen LogP contribution in [0, 0.1) is 5.82 Å². The lowest BCUT2D eigenvalue weighted by Crippen LogP contribution is -2.28. The molecule has 2 aromatic carbocycles. The Hall–Kier alpha value is -2.67. The van der Waals surface area contributed by atoms with E-state index in [-0.39, 0.29) is 29.6 Å². The number of hydrogen-bond acceptors (Lipinski definition) is 4. The Morgan fingerprint density at radius 3 is 2.83 bits per heavy atom. The third kappa shape index (κ3) is 4.26. The summed E-state index contributed by atoms with van der Waals surface area (Å²) in [5.74, 6) is 0.708. The molecule has 1 aliphatic carbocycles. The number of aryl methyl sites for hydroxylation is 1. The normalized spacial score (nSPS) is 16.3. The molecule has 7 heteroatoms. The standard InChI is InChI=1S/C23H25FN4OS/c1-3-15(2)28-22(17-7-5-4-6-8-17)26-27-23(28)30-14-21(29)25-20-12-10-16-9-11-18(24)13-19(16)20/h4-9,11,13,15,20H,3,10,12,14H2,1-2H3,(H,25,29). The molecule has 1 N–H and O–H groups in total. The zero-order valence-corrected chi connectivity index (χ0v) is 18.0. The van der Waals surface area contributed by atoms with Crippen LogP contribution in [0.5, 0.6) is 0 Å². The van der Waals surface area contributed by atoms with Crippen LogP contribution in [0.4, 0.5) is 4.39 Å². The summed E-state index contributed by atoms with van der Waals surface area (Å²) in [6.45, 7) is 4.25. The lowest BCUT2D eigenvalue weighted by atomic mass is 10.1. The largest absolute Gasteiger partial charge is 0.349 e. The summed E-state index contributed by atoms with van der Waals surface area (Å²) in [7, 11) is 0. The number of thioether (sulfide) groups is 1. The molecule has 1 aliphatic rings. The number of aromatic nitrogens is 3. The first-order chi connectivity index (χ1) is 14.6. The van der Waals surface area contributed by atoms with Crippen molar-refractivity contribution in [3.63, 3.8) is 0 Å². The second-order valence-corrected chi connectivity index (χ2v) is 8.53. The van der Waals surface area contributed by atoms with E-state index < -0.39 is 0 Å². The molecule has 0 aliphatic heterocycles. The number of hydrogen-bond donors (Lipinski definition) is 1. The molecule has 2 atom stereocenters. The highest BCUT2D eigenvalue weighted by Crippen LogP contribution is 2.32. The Bertz CT molecular complexity index is 1040. The van der Waals surface area contributed by atoms with E-state index in [1.165, 1.54) is 23.9 Å². The van der Waals surface area contributed by atoms with Gasteiger partial charge in [0.1, 0.15) is 5.82 Å². The monoisotopic (exact) mass is 424 g/mol. The van der Waals surface area contributed by atoms with E-state index in [0.29, 0.717) is 0 Å². The Morgan fingerprint density at radius 1 is 1.27 bits per heavy atom. The van der Waals surface area contributed by atoms with Crippen LogP contribution in [0.1, 0.15) is 49.9 Å². The molecule has 2 unspecified atom stereocenters. The van der Waals surface area contributed by atoms with Gasteiger partial charge in [0.2, 0.25) is 5.91 Å². The van der Waals surface area contributed by atoms with Crippen molar-refractivity contribution < 1.29 is 9.18 Å². The summed E-state index contributed by atoms with van der Waals surface area (Å²) >= 11 is 1.39. The number of nitrogens with zero attached hydrogens (tertiary/aromatic N) is 3. The summed E-state index contributed by atoms with van der Waals surface area (Å²) in [5.41, 5.74) is 3.01. The summed E-state index contributed by atoms with van der Waals surface area (Å²) in [5, 5.41) is 12.5. The molecular weight excluding hydrogens is 399 g/mol. The minimum Gasteiger partial charge on any atom is -0.349 e. The van der Waals surface area contributed by atoms with Crippen molar-refractivity contribution >= 4 is 17.7 Å². The molecule has 0 fully saturated rings. The molecule has 1 amide bonds. The highest BCUT2D eigenvalue weighted by molar-refractivity contribution is 7.99. The van der Waals surface area contributed by atoms with Gasteiger partial charge in [0.15, 0.2) is 11.0 Å². The van der Waals surface area contributed by atoms with Crippen LogP contribution in [0.3, 0.4) is 0 Å². The average Bonchev–Trinajstić information content (AvgIpc) is 3.36. The van der Waals surface area contributed by atoms with Crippen molar-refractivity contribution in [3.8, 4) is 11.4 Å². The quantitative estimate of drug-likeness (QED) is 0.545. The van der Waals surface area contributed by atoms with Crippen LogP contribution in [0.25, 0.3) is 11.4 Å². The third-order valence-electron chi connectivity index (χ3n) is 5.58. The lowest BCUT2D eigenvalue weighted by Gasteiger charge is -2.17. The van der Waals surface area contributed by atoms with E-state index in [2.05, 4.69) is 33.9 Å². The van der Waals surface area contributed by atoms with Crippen LogP contribution in [-0.2, 0) is 11.2 Å². The third-order valence-corrected chi connectivity index (χ3v) is 6.52. The van der Waals surface area contributed by atoms with Crippen LogP contribution in [0.2, 0.25) is 0 Å². The van der Waals surface area contributed by atoms with Crippen LogP contribution < -0.4 is 5.32 Å². The molecule has 1 aromatic heterocycles. The maximum atomic E-state index is 13.6. The minimum absolute atomic E-state index is 0.0814. The fraction of sp³-hybridized carbons (Fsp3) is 0.348. The fourth-order valence-corrected chi connectivity index (χ4v) is 4.68. The van der Waals surface area contributed by atoms with Gasteiger partial charge in [0.05, 0.1) is 11.8 Å². The van der Waals surface area contributed by atoms with Crippen molar-refractivity contribution in [1.29, 1.82) is 0 Å². The van der Waals surface area contributed by atoms with Gasteiger partial charge in [-0.15, -0.1) is 10.2 Å². The fourth-order valence-electron chi connectivity index (χ4n) is 3.83. The number of carbonyl (C=O) groups excluding carboxylic acids is 1. The number of nitrogens with one attached hydrogen (secondary N) is 1. The molecule has 3 aromatic rings. The van der Waals surface area contributed by atoms with Crippen molar-refractivity contribution in [2.75, 3.05) is 5.75 Å². The minimum atomic E-state index is -0.264. The van der Waals surface area contributed by atoms with E-state index in [4.69, 9.17) is 0 Å². The van der Waals surface area contributed by atoms with E-state index in [1.807, 2.05) is 36.4 Å². The van der Waals surface area contributed by atoms with Crippen LogP contribution >= 0.6 is 11.8 Å². The molecule has 1 heterocycles. The predicted molar refractivity (Wildman–Crippen MR) is 117 cm³/mol. The molecule has 5 nitrogen and oxygen atoms in total. The molecule has 0 bridgehead atoms. The van der Waals surface area contributed by atoms with Crippen LogP contribution in [0.15, 0.2) is 53.7 Å². The molecule has 0 saturated carbocycles. The molecule has 0 saturated heterocycles. The first kappa shape index (κ1) is 20.6. The highest BCUT2D eigenvalue weighted by atomic mass is 32.2. The van der Waals surface area contributed by atoms with Gasteiger partial charge in [-0.05, 0) is 49.4 Å². The Balaban J connectivity index is 1.46. The van der Waals surface area contributed by atoms with Crippen LogP contribution in [-0.4, -0.2) is 26.4 Å². The zero-order chi connectivity index (χ0) is 21.1. The van der Waals surface area contributed by atoms with Gasteiger partial charge < -0.3 is 5.32 Å². The maximum absolute atomic E-state index is 13.6. The maximum Gasteiger partial charge on any atom is 0.230 e. The first-order valence-corrected chi connectivity index (χ1v) is 11.3. The second-order valence-electron chi connectivity index (χ2n) is 7.59. The molecule has 30 heavy (non-hydrogen) atoms. The number of benzene rings is 2. The van der Waals surface area contributed by atoms with Gasteiger partial charge in [0, 0.05) is 11.6 Å². The number of amides is 1. The van der Waals surface area contributed by atoms with E-state index >= 15 is 0 Å². The van der Waals surface area contributed by atoms with E-state index in [0.717, 1.165) is 46.9 Å². The highest BCUT2D eigenvalue weighted by Gasteiger charge is 2.25. The average molecular weight is 425 g/mol. The zero-order valence-electron chi connectivity index (χ0n) is 17.1. The number of fused-ring (bicyclic) bond motifs is 1. The number of halogens is 1. The van der Waals surface area contributed by atoms with Gasteiger partial charge in [-0.1, -0.05) is 55.1 Å². The summed E-state index contributed by atoms with van der Waals surface area (Å²) < 4.78 is 15.7. The van der Waals surface area contributed by atoms with Crippen molar-refractivity contribution in [2.45, 2.75) is 50.4 Å². The Kier molecular flexibility index (Phi) is 6.18. The van der Waals surface area contributed by atoms with E-state index in [9.17, 15) is 9.18 Å². The first-order valence-electron chi connectivity index (χ1n) is 10.3. The van der Waals surface area contributed by atoms with Gasteiger partial charge in [0.25, 0.3) is 0 Å². The van der Waals surface area contributed by atoms with Crippen molar-refractivity contribution in [2.24, 2.45) is 0 Å². The summed E-state index contributed by atoms with van der Waals surface area (Å²) in [6, 6.07) is 14.9. The molecule has 156 valence electrons. The smallest absolute Gasteiger partial charge is 0.230 e. The Morgan fingerprint density at radius 2 is 2.07 bits per heavy atom. The van der Waals surface area contributed by atoms with Gasteiger partial charge in [-0.25, -0.2) is 4.39 Å². The Labute approximate surface area is 180 Å². The number of carbonyl (C=O) groups is 1. The van der Waals surface area contributed by atoms with Gasteiger partial charge in [-0.2, -0.15) is 0 Å².